The van der Waals surface area contributed by atoms with Gasteiger partial charge in [0.05, 0.1) is 0 Å². The van der Waals surface area contributed by atoms with Crippen LogP contribution in [0, 0.1) is 0 Å². The highest BCUT2D eigenvalue weighted by atomic mass is 16.6. The molecule has 0 saturated heterocycles. The molecule has 0 N–H and O–H groups in total. The highest BCUT2D eigenvalue weighted by molar-refractivity contribution is 5.71. The first kappa shape index (κ1) is 66.1. The van der Waals surface area contributed by atoms with E-state index in [-0.39, 0.29) is 31.1 Å². The van der Waals surface area contributed by atoms with Crippen molar-refractivity contribution in [2.24, 2.45) is 0 Å². The quantitative estimate of drug-likeness (QED) is 0.0262. The Bertz CT molecular complexity index is 1440. The third-order valence-electron chi connectivity index (χ3n) is 12.0. The minimum atomic E-state index is -0.790. The van der Waals surface area contributed by atoms with E-state index in [4.69, 9.17) is 14.2 Å². The number of allylic oxidation sites excluding steroid dienone is 18. The molecule has 0 fully saturated rings. The summed E-state index contributed by atoms with van der Waals surface area (Å²) >= 11 is 0. The van der Waals surface area contributed by atoms with E-state index in [9.17, 15) is 14.4 Å². The topological polar surface area (TPSA) is 78.9 Å². The molecule has 1 unspecified atom stereocenters. The minimum Gasteiger partial charge on any atom is -0.462 e. The van der Waals surface area contributed by atoms with Gasteiger partial charge in [-0.3, -0.25) is 14.4 Å². The molecule has 0 spiro atoms. The van der Waals surface area contributed by atoms with Crippen molar-refractivity contribution in [1.29, 1.82) is 0 Å². The Kier molecular flexibility index (Phi) is 54.4. The van der Waals surface area contributed by atoms with Gasteiger partial charge in [0, 0.05) is 19.3 Å². The summed E-state index contributed by atoms with van der Waals surface area (Å²) in [5.41, 5.74) is 0. The van der Waals surface area contributed by atoms with Crippen LogP contribution >= 0.6 is 0 Å². The molecule has 0 radical (unpaired) electrons. The van der Waals surface area contributed by atoms with Crippen LogP contribution in [0.15, 0.2) is 109 Å². The lowest BCUT2D eigenvalue weighted by molar-refractivity contribution is -0.167. The van der Waals surface area contributed by atoms with Crippen molar-refractivity contribution in [3.05, 3.63) is 109 Å². The number of carbonyl (C=O) groups is 3. The van der Waals surface area contributed by atoms with Gasteiger partial charge < -0.3 is 14.2 Å². The maximum Gasteiger partial charge on any atom is 0.306 e. The van der Waals surface area contributed by atoms with Gasteiger partial charge in [-0.25, -0.2) is 0 Å². The van der Waals surface area contributed by atoms with Crippen LogP contribution in [0.25, 0.3) is 0 Å². The largest absolute Gasteiger partial charge is 0.462 e. The number of ether oxygens (including phenoxy) is 3. The number of hydrogen-bond acceptors (Lipinski definition) is 6. The van der Waals surface area contributed by atoms with Crippen molar-refractivity contribution in [3.8, 4) is 0 Å². The van der Waals surface area contributed by atoms with Gasteiger partial charge in [-0.1, -0.05) is 246 Å². The number of rotatable bonds is 51. The number of esters is 3. The van der Waals surface area contributed by atoms with Gasteiger partial charge in [-0.05, 0) is 103 Å². The van der Waals surface area contributed by atoms with Gasteiger partial charge in [0.25, 0.3) is 0 Å². The molecule has 0 saturated carbocycles. The third kappa shape index (κ3) is 55.0. The molecule has 0 heterocycles. The van der Waals surface area contributed by atoms with Crippen LogP contribution in [0.3, 0.4) is 0 Å². The van der Waals surface area contributed by atoms with Crippen molar-refractivity contribution >= 4 is 17.9 Å². The zero-order valence-electron chi connectivity index (χ0n) is 45.5. The molecule has 70 heavy (non-hydrogen) atoms. The molecule has 1 atom stereocenters. The number of hydrogen-bond donors (Lipinski definition) is 0. The van der Waals surface area contributed by atoms with Crippen molar-refractivity contribution < 1.29 is 28.6 Å². The Balaban J connectivity index is 4.30. The van der Waals surface area contributed by atoms with E-state index in [0.717, 1.165) is 141 Å². The summed E-state index contributed by atoms with van der Waals surface area (Å²) in [6.45, 7) is 6.43. The minimum absolute atomic E-state index is 0.0899. The second-order valence-electron chi connectivity index (χ2n) is 18.8. The first-order chi connectivity index (χ1) is 34.5. The first-order valence-corrected chi connectivity index (χ1v) is 28.9. The van der Waals surface area contributed by atoms with Crippen LogP contribution in [-0.2, 0) is 28.6 Å². The van der Waals surface area contributed by atoms with Crippen molar-refractivity contribution in [1.82, 2.24) is 0 Å². The second kappa shape index (κ2) is 57.6. The summed E-state index contributed by atoms with van der Waals surface area (Å²) < 4.78 is 16.8. The standard InChI is InChI=1S/C64H106O6/c1-4-7-10-13-16-19-22-24-25-26-27-28-29-30-31-32-33-34-35-36-37-38-39-41-42-45-48-51-54-57-63(66)69-60-61(59-68-62(65)56-53-50-47-44-21-18-15-12-9-6-3)70-64(67)58-55-52-49-46-43-40-23-20-17-14-11-8-5-2/h7,10,12,15-16,19,24-25,27-28,30-31,33-34,36-37,39,41,61H,4-6,8-9,11,13-14,17-18,20-23,26,29,32,35,38,40,42-60H2,1-3H3/b10-7-,15-12-,19-16-,25-24-,28-27-,31-30-,34-33-,37-36-,41-39-. The fourth-order valence-electron chi connectivity index (χ4n) is 7.70. The zero-order valence-corrected chi connectivity index (χ0v) is 45.5. The van der Waals surface area contributed by atoms with E-state index >= 15 is 0 Å². The summed E-state index contributed by atoms with van der Waals surface area (Å²) in [5.74, 6) is -0.925. The lowest BCUT2D eigenvalue weighted by Crippen LogP contribution is -2.30. The van der Waals surface area contributed by atoms with Gasteiger partial charge in [0.2, 0.25) is 0 Å². The summed E-state index contributed by atoms with van der Waals surface area (Å²) in [7, 11) is 0. The van der Waals surface area contributed by atoms with E-state index in [2.05, 4.69) is 130 Å². The normalized spacial score (nSPS) is 12.9. The molecule has 6 nitrogen and oxygen atoms in total. The zero-order chi connectivity index (χ0) is 50.7. The van der Waals surface area contributed by atoms with E-state index in [1.165, 1.54) is 77.0 Å². The smallest absolute Gasteiger partial charge is 0.306 e. The highest BCUT2D eigenvalue weighted by Gasteiger charge is 2.19. The molecule has 0 aromatic rings. The van der Waals surface area contributed by atoms with Crippen LogP contribution in [0.4, 0.5) is 0 Å². The van der Waals surface area contributed by atoms with Crippen LogP contribution in [0.5, 0.6) is 0 Å². The maximum absolute atomic E-state index is 12.8. The van der Waals surface area contributed by atoms with Gasteiger partial charge in [0.1, 0.15) is 13.2 Å². The summed E-state index contributed by atoms with van der Waals surface area (Å²) in [6, 6.07) is 0. The fraction of sp³-hybridized carbons (Fsp3) is 0.672. The highest BCUT2D eigenvalue weighted by Crippen LogP contribution is 2.15. The van der Waals surface area contributed by atoms with Crippen molar-refractivity contribution in [2.75, 3.05) is 13.2 Å². The summed E-state index contributed by atoms with van der Waals surface area (Å²) in [4.78, 5) is 38.0. The van der Waals surface area contributed by atoms with Gasteiger partial charge in [-0.2, -0.15) is 0 Å². The Morgan fingerprint density at radius 1 is 0.300 bits per heavy atom. The third-order valence-corrected chi connectivity index (χ3v) is 12.0. The fourth-order valence-corrected chi connectivity index (χ4v) is 7.70. The molecule has 0 rings (SSSR count). The van der Waals surface area contributed by atoms with Crippen LogP contribution in [0.1, 0.15) is 258 Å². The lowest BCUT2D eigenvalue weighted by atomic mass is 10.0. The molecule has 6 heteroatoms. The van der Waals surface area contributed by atoms with Gasteiger partial charge in [0.15, 0.2) is 6.10 Å². The molecule has 0 amide bonds. The Labute approximate surface area is 431 Å². The Morgan fingerprint density at radius 3 is 0.943 bits per heavy atom. The van der Waals surface area contributed by atoms with Gasteiger partial charge >= 0.3 is 17.9 Å². The van der Waals surface area contributed by atoms with Crippen LogP contribution < -0.4 is 0 Å². The van der Waals surface area contributed by atoms with Crippen LogP contribution in [0.2, 0.25) is 0 Å². The monoisotopic (exact) mass is 971 g/mol. The van der Waals surface area contributed by atoms with Gasteiger partial charge in [-0.15, -0.1) is 0 Å². The lowest BCUT2D eigenvalue weighted by Gasteiger charge is -2.18. The molecular weight excluding hydrogens is 865 g/mol. The van der Waals surface area contributed by atoms with Crippen LogP contribution in [-0.4, -0.2) is 37.2 Å². The van der Waals surface area contributed by atoms with E-state index in [0.29, 0.717) is 19.3 Å². The van der Waals surface area contributed by atoms with E-state index in [1.807, 2.05) is 0 Å². The predicted molar refractivity (Wildman–Crippen MR) is 302 cm³/mol. The summed E-state index contributed by atoms with van der Waals surface area (Å²) in [5, 5.41) is 0. The maximum atomic E-state index is 12.8. The SMILES string of the molecule is CC/C=C\C/C=C\C/C=C\C/C=C\C/C=C\C/C=C\C/C=C\C/C=C\CCCCCCC(=O)OCC(COC(=O)CCCCCCC/C=C\CCC)OC(=O)CCCCCCCCCCCCCCC. The Hall–Kier alpha value is -3.93. The molecule has 0 aliphatic rings. The Morgan fingerprint density at radius 2 is 0.586 bits per heavy atom. The molecular formula is C64H106O6. The van der Waals surface area contributed by atoms with Crippen molar-refractivity contribution in [3.63, 3.8) is 0 Å². The first-order valence-electron chi connectivity index (χ1n) is 28.9. The molecule has 0 bridgehead atoms. The van der Waals surface area contributed by atoms with E-state index in [1.54, 1.807) is 0 Å². The molecule has 0 aliphatic heterocycles. The average Bonchev–Trinajstić information content (AvgIpc) is 3.36. The van der Waals surface area contributed by atoms with Crippen molar-refractivity contribution in [2.45, 2.75) is 264 Å². The predicted octanol–water partition coefficient (Wildman–Crippen LogP) is 19.5. The number of carbonyl (C=O) groups excluding carboxylic acids is 3. The van der Waals surface area contributed by atoms with E-state index < -0.39 is 6.10 Å². The molecule has 0 aromatic carbocycles. The summed E-state index contributed by atoms with van der Waals surface area (Å²) in [6.07, 6.45) is 78.0. The molecule has 0 aliphatic carbocycles. The number of unbranched alkanes of at least 4 members (excludes halogenated alkanes) is 22. The second-order valence-corrected chi connectivity index (χ2v) is 18.8. The average molecular weight is 972 g/mol. The molecule has 0 aromatic heterocycles. The molecule has 398 valence electrons.